The zero-order valence-corrected chi connectivity index (χ0v) is 8.95. The van der Waals surface area contributed by atoms with Gasteiger partial charge in [-0.3, -0.25) is 0 Å². The molecule has 2 aromatic carbocycles. The molecule has 0 fully saturated rings. The summed E-state index contributed by atoms with van der Waals surface area (Å²) in [4.78, 5) is 0. The van der Waals surface area contributed by atoms with Gasteiger partial charge in [0.05, 0.1) is 7.11 Å². The molecule has 0 aliphatic rings. The van der Waals surface area contributed by atoms with E-state index in [-0.39, 0.29) is 0 Å². The SMILES string of the molecule is COc1[c]ccc(-c2ccc(C)cc2)c1. The molecule has 0 N–H and O–H groups in total. The molecule has 1 radical (unpaired) electrons. The molecule has 75 valence electrons. The summed E-state index contributed by atoms with van der Waals surface area (Å²) in [6.07, 6.45) is 0. The van der Waals surface area contributed by atoms with Crippen LogP contribution in [0.25, 0.3) is 11.1 Å². The van der Waals surface area contributed by atoms with Crippen LogP contribution in [0.3, 0.4) is 0 Å². The summed E-state index contributed by atoms with van der Waals surface area (Å²) in [6, 6.07) is 17.4. The van der Waals surface area contributed by atoms with Crippen LogP contribution in [-0.2, 0) is 0 Å². The molecular formula is C14H13O. The standard InChI is InChI=1S/C14H13O/c1-11-6-8-12(9-7-11)13-4-3-5-14(10-13)15-2/h3-4,6-10H,1-2H3. The first-order valence-corrected chi connectivity index (χ1v) is 4.92. The average molecular weight is 197 g/mol. The normalized spacial score (nSPS) is 10.0. The molecule has 0 saturated carbocycles. The second-order valence-electron chi connectivity index (χ2n) is 3.51. The van der Waals surface area contributed by atoms with Gasteiger partial charge in [-0.15, -0.1) is 0 Å². The summed E-state index contributed by atoms with van der Waals surface area (Å²) in [5, 5.41) is 0. The van der Waals surface area contributed by atoms with E-state index in [2.05, 4.69) is 37.3 Å². The van der Waals surface area contributed by atoms with Gasteiger partial charge in [0.25, 0.3) is 0 Å². The lowest BCUT2D eigenvalue weighted by atomic mass is 10.0. The highest BCUT2D eigenvalue weighted by Crippen LogP contribution is 2.23. The minimum absolute atomic E-state index is 0.771. The van der Waals surface area contributed by atoms with Crippen LogP contribution >= 0.6 is 0 Å². The van der Waals surface area contributed by atoms with Gasteiger partial charge < -0.3 is 4.74 Å². The van der Waals surface area contributed by atoms with Crippen LogP contribution in [-0.4, -0.2) is 7.11 Å². The summed E-state index contributed by atoms with van der Waals surface area (Å²) < 4.78 is 5.14. The quantitative estimate of drug-likeness (QED) is 0.716. The molecule has 1 heteroatoms. The number of ether oxygens (including phenoxy) is 1. The van der Waals surface area contributed by atoms with Gasteiger partial charge in [-0.2, -0.15) is 0 Å². The number of benzene rings is 2. The van der Waals surface area contributed by atoms with E-state index in [1.165, 1.54) is 11.1 Å². The van der Waals surface area contributed by atoms with Gasteiger partial charge >= 0.3 is 0 Å². The summed E-state index contributed by atoms with van der Waals surface area (Å²) in [5.41, 5.74) is 3.63. The smallest absolute Gasteiger partial charge is 0.127 e. The van der Waals surface area contributed by atoms with E-state index in [1.807, 2.05) is 18.2 Å². The van der Waals surface area contributed by atoms with Crippen LogP contribution in [0.2, 0.25) is 0 Å². The Morgan fingerprint density at radius 3 is 2.40 bits per heavy atom. The van der Waals surface area contributed by atoms with E-state index >= 15 is 0 Å². The van der Waals surface area contributed by atoms with Gasteiger partial charge in [0, 0.05) is 6.07 Å². The van der Waals surface area contributed by atoms with Crippen LogP contribution in [0, 0.1) is 13.0 Å². The summed E-state index contributed by atoms with van der Waals surface area (Å²) in [7, 11) is 1.66. The number of hydrogen-bond donors (Lipinski definition) is 0. The molecule has 15 heavy (non-hydrogen) atoms. The monoisotopic (exact) mass is 197 g/mol. The summed E-state index contributed by atoms with van der Waals surface area (Å²) in [6.45, 7) is 2.09. The van der Waals surface area contributed by atoms with Gasteiger partial charge in [-0.1, -0.05) is 35.9 Å². The Labute approximate surface area is 90.3 Å². The minimum atomic E-state index is 0.771. The number of hydrogen-bond acceptors (Lipinski definition) is 1. The van der Waals surface area contributed by atoms with E-state index in [0.29, 0.717) is 0 Å². The van der Waals surface area contributed by atoms with E-state index < -0.39 is 0 Å². The molecule has 0 heterocycles. The molecule has 0 bridgehead atoms. The van der Waals surface area contributed by atoms with Crippen molar-refractivity contribution in [3.05, 3.63) is 54.1 Å². The summed E-state index contributed by atoms with van der Waals surface area (Å²) >= 11 is 0. The highest BCUT2D eigenvalue weighted by atomic mass is 16.5. The minimum Gasteiger partial charge on any atom is -0.496 e. The third kappa shape index (κ3) is 2.18. The van der Waals surface area contributed by atoms with Crippen LogP contribution in [0.5, 0.6) is 5.75 Å². The molecule has 0 amide bonds. The molecule has 0 aromatic heterocycles. The molecule has 0 aliphatic heterocycles. The topological polar surface area (TPSA) is 9.23 Å². The van der Waals surface area contributed by atoms with Crippen molar-refractivity contribution in [3.8, 4) is 16.9 Å². The third-order valence-electron chi connectivity index (χ3n) is 2.38. The van der Waals surface area contributed by atoms with E-state index in [4.69, 9.17) is 4.74 Å². The molecule has 0 saturated heterocycles. The maximum absolute atomic E-state index is 5.14. The largest absolute Gasteiger partial charge is 0.496 e. The molecule has 0 atom stereocenters. The van der Waals surface area contributed by atoms with Crippen LogP contribution in [0.15, 0.2) is 42.5 Å². The predicted molar refractivity (Wildman–Crippen MR) is 62.0 cm³/mol. The van der Waals surface area contributed by atoms with Crippen molar-refractivity contribution < 1.29 is 4.74 Å². The fraction of sp³-hybridized carbons (Fsp3) is 0.143. The van der Waals surface area contributed by atoms with Crippen molar-refractivity contribution >= 4 is 0 Å². The van der Waals surface area contributed by atoms with Gasteiger partial charge in [0.15, 0.2) is 0 Å². The molecule has 2 rings (SSSR count). The number of rotatable bonds is 2. The van der Waals surface area contributed by atoms with Gasteiger partial charge in [-0.25, -0.2) is 0 Å². The van der Waals surface area contributed by atoms with Crippen molar-refractivity contribution in [2.75, 3.05) is 7.11 Å². The molecular weight excluding hydrogens is 184 g/mol. The molecule has 0 unspecified atom stereocenters. The molecule has 1 nitrogen and oxygen atoms in total. The van der Waals surface area contributed by atoms with Crippen molar-refractivity contribution in [1.82, 2.24) is 0 Å². The zero-order chi connectivity index (χ0) is 10.7. The van der Waals surface area contributed by atoms with Crippen molar-refractivity contribution in [3.63, 3.8) is 0 Å². The Hall–Kier alpha value is -1.76. The molecule has 2 aromatic rings. The lowest BCUT2D eigenvalue weighted by Crippen LogP contribution is -1.84. The molecule has 0 spiro atoms. The average Bonchev–Trinajstić information content (AvgIpc) is 2.30. The lowest BCUT2D eigenvalue weighted by molar-refractivity contribution is 0.414. The predicted octanol–water partition coefficient (Wildman–Crippen LogP) is 3.47. The third-order valence-corrected chi connectivity index (χ3v) is 2.38. The van der Waals surface area contributed by atoms with Gasteiger partial charge in [0.1, 0.15) is 5.75 Å². The first-order chi connectivity index (χ1) is 7.29. The Kier molecular flexibility index (Phi) is 2.72. The lowest BCUT2D eigenvalue weighted by Gasteiger charge is -2.04. The zero-order valence-electron chi connectivity index (χ0n) is 8.95. The fourth-order valence-corrected chi connectivity index (χ4v) is 1.49. The second kappa shape index (κ2) is 4.18. The summed E-state index contributed by atoms with van der Waals surface area (Å²) in [5.74, 6) is 0.771. The first-order valence-electron chi connectivity index (χ1n) is 4.92. The van der Waals surface area contributed by atoms with Crippen LogP contribution in [0.4, 0.5) is 0 Å². The van der Waals surface area contributed by atoms with E-state index in [9.17, 15) is 0 Å². The van der Waals surface area contributed by atoms with Crippen molar-refractivity contribution in [2.45, 2.75) is 6.92 Å². The highest BCUT2D eigenvalue weighted by molar-refractivity contribution is 5.65. The fourth-order valence-electron chi connectivity index (χ4n) is 1.49. The molecule has 0 aliphatic carbocycles. The Morgan fingerprint density at radius 1 is 1.00 bits per heavy atom. The number of methoxy groups -OCH3 is 1. The highest BCUT2D eigenvalue weighted by Gasteiger charge is 1.98. The Bertz CT molecular complexity index is 443. The first kappa shape index (κ1) is 9.78. The number of aryl methyl sites for hydroxylation is 1. The van der Waals surface area contributed by atoms with Crippen LogP contribution in [0.1, 0.15) is 5.56 Å². The second-order valence-corrected chi connectivity index (χ2v) is 3.51. The van der Waals surface area contributed by atoms with Gasteiger partial charge in [-0.05, 0) is 30.2 Å². The Morgan fingerprint density at radius 2 is 1.73 bits per heavy atom. The maximum atomic E-state index is 5.14. The van der Waals surface area contributed by atoms with Crippen molar-refractivity contribution in [1.29, 1.82) is 0 Å². The van der Waals surface area contributed by atoms with Crippen molar-refractivity contribution in [2.24, 2.45) is 0 Å². The van der Waals surface area contributed by atoms with E-state index in [0.717, 1.165) is 11.3 Å². The van der Waals surface area contributed by atoms with Gasteiger partial charge in [0.2, 0.25) is 0 Å². The van der Waals surface area contributed by atoms with E-state index in [1.54, 1.807) is 7.11 Å². The van der Waals surface area contributed by atoms with Crippen LogP contribution < -0.4 is 4.74 Å². The maximum Gasteiger partial charge on any atom is 0.127 e. The Balaban J connectivity index is 2.40.